The standard InChI is InChI=1S/C40H28BNO2Si/c1-2-9-29(10-3-1)42-34-13-6-4-11-30(34)31-17-25-21-45(23-27(25)19-35(31)42)22-26-18-33-39(20-28(26)24-45)44-38-16-8-15-37-40(38)41(33)32-12-5-7-14-36(32)43-37/h1-20H,21-24H2. The van der Waals surface area contributed by atoms with Crippen molar-refractivity contribution in [2.75, 3.05) is 0 Å². The lowest BCUT2D eigenvalue weighted by Crippen LogP contribution is -2.57. The van der Waals surface area contributed by atoms with Crippen LogP contribution in [0.3, 0.4) is 0 Å². The molecule has 6 aromatic carbocycles. The lowest BCUT2D eigenvalue weighted by molar-refractivity contribution is 0.464. The largest absolute Gasteiger partial charge is 0.458 e. The van der Waals surface area contributed by atoms with Crippen LogP contribution < -0.4 is 25.9 Å². The third kappa shape index (κ3) is 3.31. The highest BCUT2D eigenvalue weighted by Crippen LogP contribution is 2.44. The summed E-state index contributed by atoms with van der Waals surface area (Å²) in [5.41, 5.74) is 13.7. The van der Waals surface area contributed by atoms with Gasteiger partial charge in [0, 0.05) is 21.9 Å². The second kappa shape index (κ2) is 8.58. The van der Waals surface area contributed by atoms with Crippen molar-refractivity contribution in [3.63, 3.8) is 0 Å². The summed E-state index contributed by atoms with van der Waals surface area (Å²) in [4.78, 5) is 0. The number of benzene rings is 6. The molecule has 7 aromatic rings. The molecule has 0 amide bonds. The molecule has 0 N–H and O–H groups in total. The van der Waals surface area contributed by atoms with Crippen molar-refractivity contribution >= 4 is 53.0 Å². The van der Waals surface area contributed by atoms with Crippen molar-refractivity contribution in [2.24, 2.45) is 0 Å². The van der Waals surface area contributed by atoms with Gasteiger partial charge in [0.25, 0.3) is 6.71 Å². The number of hydrogen-bond donors (Lipinski definition) is 0. The Kier molecular flexibility index (Phi) is 4.64. The molecule has 0 aliphatic carbocycles. The Morgan fingerprint density at radius 3 is 1.98 bits per heavy atom. The molecule has 0 bridgehead atoms. The Labute approximate surface area is 262 Å². The topological polar surface area (TPSA) is 23.4 Å². The van der Waals surface area contributed by atoms with Crippen LogP contribution in [0.1, 0.15) is 22.3 Å². The van der Waals surface area contributed by atoms with Gasteiger partial charge in [-0.25, -0.2) is 0 Å². The summed E-state index contributed by atoms with van der Waals surface area (Å²) >= 11 is 0. The second-order valence-electron chi connectivity index (χ2n) is 13.5. The van der Waals surface area contributed by atoms with E-state index >= 15 is 0 Å². The molecule has 0 saturated carbocycles. The number of ether oxygens (including phenoxy) is 2. The number of aromatic nitrogens is 1. The van der Waals surface area contributed by atoms with Gasteiger partial charge in [-0.3, -0.25) is 0 Å². The number of nitrogens with zero attached hydrogens (tertiary/aromatic N) is 1. The Morgan fingerprint density at radius 2 is 1.13 bits per heavy atom. The molecule has 212 valence electrons. The monoisotopic (exact) mass is 593 g/mol. The van der Waals surface area contributed by atoms with Gasteiger partial charge in [-0.15, -0.1) is 0 Å². The molecule has 0 saturated heterocycles. The lowest BCUT2D eigenvalue weighted by atomic mass is 9.34. The van der Waals surface area contributed by atoms with Gasteiger partial charge in [-0.05, 0) is 112 Å². The normalized spacial score (nSPS) is 18.3. The van der Waals surface area contributed by atoms with E-state index in [9.17, 15) is 0 Å². The SMILES string of the molecule is c1ccc(-n2c3ccccc3c3cc4c(cc32)C[Si]2(Cc3cc5c(cc3C2)B2c3ccccc3Oc3cccc(c32)O5)C4)cc1. The highest BCUT2D eigenvalue weighted by Gasteiger charge is 2.46. The van der Waals surface area contributed by atoms with Crippen molar-refractivity contribution in [3.05, 3.63) is 144 Å². The third-order valence-corrected chi connectivity index (χ3v) is 15.4. The van der Waals surface area contributed by atoms with Crippen LogP contribution >= 0.6 is 0 Å². The van der Waals surface area contributed by atoms with Gasteiger partial charge in [0.2, 0.25) is 0 Å². The summed E-state index contributed by atoms with van der Waals surface area (Å²) in [7, 11) is -1.64. The van der Waals surface area contributed by atoms with E-state index in [1.165, 1.54) is 73.6 Å². The van der Waals surface area contributed by atoms with Gasteiger partial charge in [0.1, 0.15) is 23.0 Å². The van der Waals surface area contributed by atoms with Crippen molar-refractivity contribution in [1.82, 2.24) is 4.57 Å². The highest BCUT2D eigenvalue weighted by atomic mass is 28.3. The van der Waals surface area contributed by atoms with Crippen LogP contribution in [-0.4, -0.2) is 19.4 Å². The smallest absolute Gasteiger partial charge is 0.260 e. The number of hydrogen-bond acceptors (Lipinski definition) is 2. The predicted molar refractivity (Wildman–Crippen MR) is 185 cm³/mol. The first kappa shape index (κ1) is 24.3. The molecule has 5 heteroatoms. The van der Waals surface area contributed by atoms with Crippen molar-refractivity contribution in [2.45, 2.75) is 24.2 Å². The molecule has 3 nitrogen and oxygen atoms in total. The van der Waals surface area contributed by atoms with Crippen LogP contribution in [0.15, 0.2) is 121 Å². The van der Waals surface area contributed by atoms with Gasteiger partial charge >= 0.3 is 0 Å². The van der Waals surface area contributed by atoms with E-state index in [0.717, 1.165) is 23.0 Å². The Bertz CT molecular complexity index is 2410. The molecule has 4 aliphatic rings. The van der Waals surface area contributed by atoms with Gasteiger partial charge in [0.05, 0.1) is 19.1 Å². The van der Waals surface area contributed by atoms with Crippen molar-refractivity contribution in [3.8, 4) is 28.7 Å². The zero-order chi connectivity index (χ0) is 29.3. The maximum Gasteiger partial charge on any atom is 0.260 e. The maximum atomic E-state index is 6.65. The number of para-hydroxylation sites is 3. The minimum absolute atomic E-state index is 0.140. The molecule has 1 unspecified atom stereocenters. The Morgan fingerprint density at radius 1 is 0.489 bits per heavy atom. The fourth-order valence-electron chi connectivity index (χ4n) is 9.12. The van der Waals surface area contributed by atoms with Crippen LogP contribution in [-0.2, 0) is 24.2 Å². The van der Waals surface area contributed by atoms with Gasteiger partial charge in [0.15, 0.2) is 0 Å². The molecule has 5 heterocycles. The zero-order valence-corrected chi connectivity index (χ0v) is 25.7. The van der Waals surface area contributed by atoms with E-state index in [-0.39, 0.29) is 6.71 Å². The van der Waals surface area contributed by atoms with Gasteiger partial charge in [-0.1, -0.05) is 66.7 Å². The van der Waals surface area contributed by atoms with Crippen LogP contribution in [0.5, 0.6) is 23.0 Å². The van der Waals surface area contributed by atoms with E-state index in [1.54, 1.807) is 16.7 Å². The van der Waals surface area contributed by atoms with Gasteiger partial charge in [-0.2, -0.15) is 0 Å². The molecular weight excluding hydrogens is 565 g/mol. The number of rotatable bonds is 1. The average Bonchev–Trinajstić information content (AvgIpc) is 3.71. The van der Waals surface area contributed by atoms with E-state index < -0.39 is 8.07 Å². The maximum absolute atomic E-state index is 6.65. The summed E-state index contributed by atoms with van der Waals surface area (Å²) in [6, 6.07) is 49.4. The Balaban J connectivity index is 1.01. The minimum Gasteiger partial charge on any atom is -0.458 e. The Hall–Kier alpha value is -5.00. The summed E-state index contributed by atoms with van der Waals surface area (Å²) in [5.74, 6) is 3.82. The number of fused-ring (bicyclic) bond motifs is 9. The van der Waals surface area contributed by atoms with Crippen LogP contribution in [0.4, 0.5) is 0 Å². The highest BCUT2D eigenvalue weighted by molar-refractivity contribution is 6.98. The first-order valence-electron chi connectivity index (χ1n) is 16.1. The molecule has 45 heavy (non-hydrogen) atoms. The summed E-state index contributed by atoms with van der Waals surface area (Å²) in [6.07, 6.45) is 0. The molecule has 4 aliphatic heterocycles. The lowest BCUT2D eigenvalue weighted by Gasteiger charge is -2.33. The van der Waals surface area contributed by atoms with E-state index in [0.29, 0.717) is 0 Å². The molecule has 1 atom stereocenters. The van der Waals surface area contributed by atoms with Crippen molar-refractivity contribution in [1.29, 1.82) is 0 Å². The fraction of sp³-hybridized carbons (Fsp3) is 0.100. The molecule has 11 rings (SSSR count). The van der Waals surface area contributed by atoms with Crippen LogP contribution in [0.25, 0.3) is 27.5 Å². The molecule has 1 aromatic heterocycles. The van der Waals surface area contributed by atoms with Crippen molar-refractivity contribution < 1.29 is 9.47 Å². The van der Waals surface area contributed by atoms with E-state index in [2.05, 4.69) is 120 Å². The summed E-state index contributed by atoms with van der Waals surface area (Å²) in [5, 5.41) is 2.72. The second-order valence-corrected chi connectivity index (χ2v) is 17.9. The van der Waals surface area contributed by atoms with Crippen LogP contribution in [0, 0.1) is 0 Å². The summed E-state index contributed by atoms with van der Waals surface area (Å²) < 4.78 is 15.5. The third-order valence-electron chi connectivity index (χ3n) is 10.9. The average molecular weight is 594 g/mol. The van der Waals surface area contributed by atoms with Gasteiger partial charge < -0.3 is 14.0 Å². The summed E-state index contributed by atoms with van der Waals surface area (Å²) in [6.45, 7) is 0.140. The predicted octanol–water partition coefficient (Wildman–Crippen LogP) is 7.01. The van der Waals surface area contributed by atoms with E-state index in [1.807, 2.05) is 6.07 Å². The first-order valence-corrected chi connectivity index (χ1v) is 18.9. The van der Waals surface area contributed by atoms with Crippen LogP contribution in [0.2, 0.25) is 0 Å². The molecule has 0 fully saturated rings. The minimum atomic E-state index is -1.64. The first-order chi connectivity index (χ1) is 22.2. The molecule has 1 spiro atoms. The molecule has 0 radical (unpaired) electrons. The quantitative estimate of drug-likeness (QED) is 0.191. The fourth-order valence-corrected chi connectivity index (χ4v) is 14.4. The zero-order valence-electron chi connectivity index (χ0n) is 24.7. The molecular formula is C40H28BNO2Si. The van der Waals surface area contributed by atoms with E-state index in [4.69, 9.17) is 9.47 Å².